The number of fused-ring (bicyclic) bond motifs is 1. The second-order valence-electron chi connectivity index (χ2n) is 7.14. The van der Waals surface area contributed by atoms with Crippen LogP contribution in [0.2, 0.25) is 0 Å². The summed E-state index contributed by atoms with van der Waals surface area (Å²) in [5, 5.41) is 5.46. The second kappa shape index (κ2) is 9.38. The molecular formula is C24H20F2N4O2. The minimum Gasteiger partial charge on any atom is -0.352 e. The van der Waals surface area contributed by atoms with E-state index in [4.69, 9.17) is 0 Å². The van der Waals surface area contributed by atoms with Crippen LogP contribution in [0, 0.1) is 11.6 Å². The molecule has 0 aliphatic carbocycles. The lowest BCUT2D eigenvalue weighted by molar-refractivity contribution is -0.116. The van der Waals surface area contributed by atoms with Gasteiger partial charge in [-0.3, -0.25) is 14.0 Å². The highest BCUT2D eigenvalue weighted by molar-refractivity contribution is 5.95. The van der Waals surface area contributed by atoms with Gasteiger partial charge in [-0.25, -0.2) is 13.8 Å². The highest BCUT2D eigenvalue weighted by Crippen LogP contribution is 2.28. The number of carbonyl (C=O) groups excluding carboxylic acids is 2. The number of pyridine rings is 1. The van der Waals surface area contributed by atoms with Crippen LogP contribution in [-0.4, -0.2) is 27.7 Å². The summed E-state index contributed by atoms with van der Waals surface area (Å²) in [5.41, 5.74) is 2.00. The minimum atomic E-state index is -0.929. The number of hydrogen-bond donors (Lipinski definition) is 2. The number of amides is 2. The molecule has 32 heavy (non-hydrogen) atoms. The smallest absolute Gasteiger partial charge is 0.254 e. The summed E-state index contributed by atoms with van der Waals surface area (Å²) < 4.78 is 28.5. The molecule has 8 heteroatoms. The van der Waals surface area contributed by atoms with E-state index in [1.165, 1.54) is 0 Å². The molecule has 162 valence electrons. The minimum absolute atomic E-state index is 0.139. The van der Waals surface area contributed by atoms with Gasteiger partial charge in [0.1, 0.15) is 28.8 Å². The van der Waals surface area contributed by atoms with Crippen molar-refractivity contribution in [3.8, 4) is 11.3 Å². The van der Waals surface area contributed by atoms with E-state index in [2.05, 4.69) is 15.6 Å². The molecule has 0 atom stereocenters. The molecule has 0 spiro atoms. The first kappa shape index (κ1) is 21.2. The summed E-state index contributed by atoms with van der Waals surface area (Å²) in [6.45, 7) is 0.168. The molecule has 0 fully saturated rings. The maximum atomic E-state index is 13.7. The fourth-order valence-corrected chi connectivity index (χ4v) is 3.33. The zero-order chi connectivity index (χ0) is 22.5. The molecule has 0 saturated carbocycles. The van der Waals surface area contributed by atoms with Crippen LogP contribution < -0.4 is 10.6 Å². The third-order valence-corrected chi connectivity index (χ3v) is 4.88. The zero-order valence-corrected chi connectivity index (χ0v) is 17.0. The molecule has 0 bridgehead atoms. The third-order valence-electron chi connectivity index (χ3n) is 4.88. The van der Waals surface area contributed by atoms with Gasteiger partial charge in [0.05, 0.1) is 5.56 Å². The SMILES string of the molecule is O=C(CCCNC(=O)c1ccc(F)cc1F)Nc1c(-c2ccccc2)nc2ccccn12. The second-order valence-corrected chi connectivity index (χ2v) is 7.14. The maximum absolute atomic E-state index is 13.7. The van der Waals surface area contributed by atoms with Crippen molar-refractivity contribution in [2.75, 3.05) is 11.9 Å². The lowest BCUT2D eigenvalue weighted by atomic mass is 10.1. The number of aromatic nitrogens is 2. The Labute approximate surface area is 182 Å². The number of nitrogens with one attached hydrogen (secondary N) is 2. The Balaban J connectivity index is 1.39. The fraction of sp³-hybridized carbons (Fsp3) is 0.125. The molecule has 2 N–H and O–H groups in total. The van der Waals surface area contributed by atoms with Gasteiger partial charge >= 0.3 is 0 Å². The molecule has 4 rings (SSSR count). The number of hydrogen-bond acceptors (Lipinski definition) is 3. The number of nitrogens with zero attached hydrogens (tertiary/aromatic N) is 2. The van der Waals surface area contributed by atoms with Crippen LogP contribution in [0.5, 0.6) is 0 Å². The van der Waals surface area contributed by atoms with Crippen molar-refractivity contribution < 1.29 is 18.4 Å². The van der Waals surface area contributed by atoms with E-state index in [-0.39, 0.29) is 24.4 Å². The molecule has 2 aromatic carbocycles. The molecule has 2 amide bonds. The Bertz CT molecular complexity index is 1270. The van der Waals surface area contributed by atoms with Gasteiger partial charge in [-0.15, -0.1) is 0 Å². The average molecular weight is 434 g/mol. The van der Waals surface area contributed by atoms with Gasteiger partial charge in [0, 0.05) is 30.8 Å². The summed E-state index contributed by atoms with van der Waals surface area (Å²) in [6, 6.07) is 17.9. The van der Waals surface area contributed by atoms with E-state index >= 15 is 0 Å². The van der Waals surface area contributed by atoms with Crippen molar-refractivity contribution >= 4 is 23.3 Å². The van der Waals surface area contributed by atoms with Crippen LogP contribution in [0.1, 0.15) is 23.2 Å². The number of rotatable bonds is 7. The molecule has 2 heterocycles. The number of halogens is 2. The highest BCUT2D eigenvalue weighted by atomic mass is 19.1. The summed E-state index contributed by atoms with van der Waals surface area (Å²) in [5.74, 6) is -2.01. The van der Waals surface area contributed by atoms with E-state index in [0.29, 0.717) is 29.6 Å². The molecule has 0 aliphatic rings. The largest absolute Gasteiger partial charge is 0.352 e. The Hall–Kier alpha value is -4.07. The zero-order valence-electron chi connectivity index (χ0n) is 17.0. The van der Waals surface area contributed by atoms with Crippen molar-refractivity contribution in [3.63, 3.8) is 0 Å². The number of carbonyl (C=O) groups is 2. The fourth-order valence-electron chi connectivity index (χ4n) is 3.33. The quantitative estimate of drug-likeness (QED) is 0.423. The normalized spacial score (nSPS) is 10.8. The molecule has 0 radical (unpaired) electrons. The van der Waals surface area contributed by atoms with Crippen LogP contribution in [0.4, 0.5) is 14.6 Å². The monoisotopic (exact) mass is 434 g/mol. The average Bonchev–Trinajstić information content (AvgIpc) is 3.15. The predicted octanol–water partition coefficient (Wildman–Crippen LogP) is 4.43. The Morgan fingerprint density at radius 2 is 1.75 bits per heavy atom. The van der Waals surface area contributed by atoms with Crippen LogP contribution in [0.15, 0.2) is 72.9 Å². The Morgan fingerprint density at radius 1 is 0.969 bits per heavy atom. The van der Waals surface area contributed by atoms with Gasteiger partial charge in [-0.05, 0) is 30.7 Å². The summed E-state index contributed by atoms with van der Waals surface area (Å²) in [6.07, 6.45) is 2.31. The molecule has 0 unspecified atom stereocenters. The van der Waals surface area contributed by atoms with Gasteiger partial charge in [0.25, 0.3) is 5.91 Å². The molecular weight excluding hydrogens is 414 g/mol. The first-order valence-electron chi connectivity index (χ1n) is 10.1. The van der Waals surface area contributed by atoms with Gasteiger partial charge in [-0.1, -0.05) is 36.4 Å². The summed E-state index contributed by atoms with van der Waals surface area (Å²) in [4.78, 5) is 29.3. The Morgan fingerprint density at radius 3 is 2.53 bits per heavy atom. The van der Waals surface area contributed by atoms with Gasteiger partial charge in [-0.2, -0.15) is 0 Å². The van der Waals surface area contributed by atoms with Crippen molar-refractivity contribution in [2.24, 2.45) is 0 Å². The molecule has 4 aromatic rings. The van der Waals surface area contributed by atoms with Crippen molar-refractivity contribution in [1.82, 2.24) is 14.7 Å². The first-order chi connectivity index (χ1) is 15.5. The van der Waals surface area contributed by atoms with E-state index in [1.807, 2.05) is 54.7 Å². The standard InChI is InChI=1S/C24H20F2N4O2/c25-17-11-12-18(19(26)15-17)24(32)27-13-6-10-21(31)29-23-22(16-7-2-1-3-8-16)28-20-9-4-5-14-30(20)23/h1-5,7-9,11-12,14-15H,6,10,13H2,(H,27,32)(H,29,31). The third kappa shape index (κ3) is 4.64. The Kier molecular flexibility index (Phi) is 6.21. The lowest BCUT2D eigenvalue weighted by Gasteiger charge is -2.09. The first-order valence-corrected chi connectivity index (χ1v) is 10.1. The summed E-state index contributed by atoms with van der Waals surface area (Å²) in [7, 11) is 0. The predicted molar refractivity (Wildman–Crippen MR) is 117 cm³/mol. The van der Waals surface area contributed by atoms with E-state index in [9.17, 15) is 18.4 Å². The lowest BCUT2D eigenvalue weighted by Crippen LogP contribution is -2.26. The molecule has 0 saturated heterocycles. The number of benzene rings is 2. The molecule has 2 aromatic heterocycles. The molecule has 0 aliphatic heterocycles. The van der Waals surface area contributed by atoms with Crippen molar-refractivity contribution in [2.45, 2.75) is 12.8 Å². The van der Waals surface area contributed by atoms with Crippen LogP contribution in [0.25, 0.3) is 16.9 Å². The van der Waals surface area contributed by atoms with E-state index < -0.39 is 17.5 Å². The molecule has 6 nitrogen and oxygen atoms in total. The van der Waals surface area contributed by atoms with E-state index in [0.717, 1.165) is 17.7 Å². The van der Waals surface area contributed by atoms with Gasteiger partial charge in [0.15, 0.2) is 0 Å². The van der Waals surface area contributed by atoms with Crippen molar-refractivity contribution in [1.29, 1.82) is 0 Å². The maximum Gasteiger partial charge on any atom is 0.254 e. The van der Waals surface area contributed by atoms with Gasteiger partial charge < -0.3 is 10.6 Å². The van der Waals surface area contributed by atoms with Gasteiger partial charge in [0.2, 0.25) is 5.91 Å². The number of anilines is 1. The topological polar surface area (TPSA) is 75.5 Å². The van der Waals surface area contributed by atoms with Crippen LogP contribution in [-0.2, 0) is 4.79 Å². The number of imidazole rings is 1. The van der Waals surface area contributed by atoms with Crippen LogP contribution >= 0.6 is 0 Å². The van der Waals surface area contributed by atoms with Crippen LogP contribution in [0.3, 0.4) is 0 Å². The highest BCUT2D eigenvalue weighted by Gasteiger charge is 2.16. The van der Waals surface area contributed by atoms with Crippen molar-refractivity contribution in [3.05, 3.63) is 90.1 Å². The van der Waals surface area contributed by atoms with E-state index in [1.54, 1.807) is 4.40 Å². The summed E-state index contributed by atoms with van der Waals surface area (Å²) >= 11 is 0.